The molecule has 0 saturated carbocycles. The van der Waals surface area contributed by atoms with Crippen molar-refractivity contribution in [1.82, 2.24) is 10.3 Å². The predicted molar refractivity (Wildman–Crippen MR) is 72.5 cm³/mol. The molecule has 110 valence electrons. The molecule has 21 heavy (non-hydrogen) atoms. The number of nitrogens with zero attached hydrogens (tertiary/aromatic N) is 2. The molecule has 0 radical (unpaired) electrons. The molecule has 1 aromatic carbocycles. The average Bonchev–Trinajstić information content (AvgIpc) is 2.42. The van der Waals surface area contributed by atoms with Gasteiger partial charge in [-0.2, -0.15) is 4.39 Å². The van der Waals surface area contributed by atoms with Gasteiger partial charge in [0.2, 0.25) is 5.82 Å². The number of rotatable bonds is 5. The van der Waals surface area contributed by atoms with Gasteiger partial charge in [0.15, 0.2) is 0 Å². The summed E-state index contributed by atoms with van der Waals surface area (Å²) in [5, 5.41) is 13.6. The van der Waals surface area contributed by atoms with Crippen LogP contribution in [-0.4, -0.2) is 9.91 Å². The van der Waals surface area contributed by atoms with Crippen molar-refractivity contribution in [3.05, 3.63) is 69.0 Å². The van der Waals surface area contributed by atoms with Gasteiger partial charge < -0.3 is 5.32 Å². The van der Waals surface area contributed by atoms with Crippen LogP contribution in [0.1, 0.15) is 16.7 Å². The Morgan fingerprint density at radius 3 is 2.62 bits per heavy atom. The lowest BCUT2D eigenvalue weighted by Gasteiger charge is -2.08. The first kappa shape index (κ1) is 15.0. The number of hydrogen-bond donors (Lipinski definition) is 1. The minimum atomic E-state index is -1.18. The number of aromatic nitrogens is 1. The second-order valence-corrected chi connectivity index (χ2v) is 4.56. The highest BCUT2D eigenvalue weighted by Gasteiger charge is 2.18. The van der Waals surface area contributed by atoms with Crippen LogP contribution in [0, 0.1) is 28.7 Å². The van der Waals surface area contributed by atoms with Gasteiger partial charge in [0.25, 0.3) is 0 Å². The molecular formula is C14H13F2N3O2. The average molecular weight is 293 g/mol. The van der Waals surface area contributed by atoms with Crippen molar-refractivity contribution in [2.75, 3.05) is 0 Å². The molecule has 0 spiro atoms. The molecule has 0 unspecified atom stereocenters. The van der Waals surface area contributed by atoms with Gasteiger partial charge in [-0.15, -0.1) is 0 Å². The van der Waals surface area contributed by atoms with Crippen LogP contribution < -0.4 is 5.32 Å². The zero-order chi connectivity index (χ0) is 15.4. The highest BCUT2D eigenvalue weighted by Crippen LogP contribution is 2.21. The summed E-state index contributed by atoms with van der Waals surface area (Å²) in [5.74, 6) is -1.99. The summed E-state index contributed by atoms with van der Waals surface area (Å²) in [4.78, 5) is 13.8. The van der Waals surface area contributed by atoms with Crippen LogP contribution in [0.5, 0.6) is 0 Å². The van der Waals surface area contributed by atoms with Crippen LogP contribution in [0.15, 0.2) is 30.6 Å². The molecule has 0 aliphatic carbocycles. The molecule has 0 atom stereocenters. The number of nitro benzene ring substituents is 1. The van der Waals surface area contributed by atoms with Crippen LogP contribution in [0.4, 0.5) is 14.5 Å². The number of nitrogens with one attached hydrogen (secondary N) is 1. The lowest BCUT2D eigenvalue weighted by atomic mass is 10.1. The van der Waals surface area contributed by atoms with Crippen LogP contribution in [-0.2, 0) is 13.1 Å². The summed E-state index contributed by atoms with van der Waals surface area (Å²) in [5.41, 5.74) is 1.29. The lowest BCUT2D eigenvalue weighted by molar-refractivity contribution is -0.387. The summed E-state index contributed by atoms with van der Waals surface area (Å²) >= 11 is 0. The van der Waals surface area contributed by atoms with Gasteiger partial charge in [-0.1, -0.05) is 0 Å². The molecule has 0 aliphatic heterocycles. The summed E-state index contributed by atoms with van der Waals surface area (Å²) in [6.07, 6.45) is 3.35. The van der Waals surface area contributed by atoms with E-state index >= 15 is 0 Å². The second kappa shape index (κ2) is 6.36. The van der Waals surface area contributed by atoms with Crippen molar-refractivity contribution < 1.29 is 13.7 Å². The Morgan fingerprint density at radius 1 is 1.24 bits per heavy atom. The number of hydrogen-bond acceptors (Lipinski definition) is 4. The zero-order valence-corrected chi connectivity index (χ0v) is 11.3. The molecule has 0 aliphatic rings. The fourth-order valence-electron chi connectivity index (χ4n) is 1.87. The third-order valence-electron chi connectivity index (χ3n) is 3.09. The van der Waals surface area contributed by atoms with Crippen LogP contribution in [0.2, 0.25) is 0 Å². The SMILES string of the molecule is Cc1ccncc1CNCc1cc([N+](=O)[O-])c(F)cc1F. The summed E-state index contributed by atoms with van der Waals surface area (Å²) < 4.78 is 26.8. The Bertz CT molecular complexity index is 677. The van der Waals surface area contributed by atoms with Gasteiger partial charge >= 0.3 is 5.69 Å². The Hall–Kier alpha value is -2.41. The quantitative estimate of drug-likeness (QED) is 0.680. The largest absolute Gasteiger partial charge is 0.308 e. The van der Waals surface area contributed by atoms with E-state index < -0.39 is 22.2 Å². The van der Waals surface area contributed by atoms with Gasteiger partial charge in [0, 0.05) is 43.2 Å². The summed E-state index contributed by atoms with van der Waals surface area (Å²) in [7, 11) is 0. The molecule has 1 heterocycles. The predicted octanol–water partition coefficient (Wildman–Crippen LogP) is 2.87. The molecule has 5 nitrogen and oxygen atoms in total. The van der Waals surface area contributed by atoms with Crippen molar-refractivity contribution in [2.45, 2.75) is 20.0 Å². The van der Waals surface area contributed by atoms with E-state index in [0.29, 0.717) is 12.6 Å². The van der Waals surface area contributed by atoms with Gasteiger partial charge in [0.1, 0.15) is 5.82 Å². The highest BCUT2D eigenvalue weighted by molar-refractivity contribution is 5.37. The molecular weight excluding hydrogens is 280 g/mol. The molecule has 2 rings (SSSR count). The molecule has 0 fully saturated rings. The standard InChI is InChI=1S/C14H13F2N3O2/c1-9-2-3-17-7-11(9)8-18-6-10-4-14(19(20)21)13(16)5-12(10)15/h2-5,7,18H,6,8H2,1H3. The van der Waals surface area contributed by atoms with Crippen molar-refractivity contribution in [1.29, 1.82) is 0 Å². The van der Waals surface area contributed by atoms with E-state index in [-0.39, 0.29) is 12.1 Å². The monoisotopic (exact) mass is 293 g/mol. The first-order valence-electron chi connectivity index (χ1n) is 6.21. The third-order valence-corrected chi connectivity index (χ3v) is 3.09. The zero-order valence-electron chi connectivity index (χ0n) is 11.3. The van der Waals surface area contributed by atoms with E-state index in [1.807, 2.05) is 13.0 Å². The third kappa shape index (κ3) is 3.57. The normalized spacial score (nSPS) is 10.6. The van der Waals surface area contributed by atoms with Crippen LogP contribution in [0.3, 0.4) is 0 Å². The van der Waals surface area contributed by atoms with E-state index in [0.717, 1.165) is 17.2 Å². The maximum Gasteiger partial charge on any atom is 0.305 e. The van der Waals surface area contributed by atoms with Crippen molar-refractivity contribution in [3.8, 4) is 0 Å². The minimum Gasteiger partial charge on any atom is -0.308 e. The molecule has 0 bridgehead atoms. The molecule has 1 N–H and O–H groups in total. The number of halogens is 2. The number of benzene rings is 1. The topological polar surface area (TPSA) is 68.1 Å². The Balaban J connectivity index is 2.08. The second-order valence-electron chi connectivity index (χ2n) is 4.56. The lowest BCUT2D eigenvalue weighted by Crippen LogP contribution is -2.15. The fourth-order valence-corrected chi connectivity index (χ4v) is 1.87. The van der Waals surface area contributed by atoms with Crippen LogP contribution >= 0.6 is 0 Å². The van der Waals surface area contributed by atoms with E-state index in [4.69, 9.17) is 0 Å². The first-order valence-corrected chi connectivity index (χ1v) is 6.21. The Kier molecular flexibility index (Phi) is 4.54. The Labute approximate surface area is 119 Å². The maximum atomic E-state index is 13.6. The van der Waals surface area contributed by atoms with Gasteiger partial charge in [-0.05, 0) is 24.1 Å². The van der Waals surface area contributed by atoms with Gasteiger partial charge in [-0.3, -0.25) is 15.1 Å². The smallest absolute Gasteiger partial charge is 0.305 e. The molecule has 1 aromatic heterocycles. The van der Waals surface area contributed by atoms with Gasteiger partial charge in [0.05, 0.1) is 4.92 Å². The molecule has 7 heteroatoms. The van der Waals surface area contributed by atoms with E-state index in [1.165, 1.54) is 0 Å². The van der Waals surface area contributed by atoms with Crippen molar-refractivity contribution >= 4 is 5.69 Å². The number of pyridine rings is 1. The Morgan fingerprint density at radius 2 is 1.95 bits per heavy atom. The number of nitro groups is 1. The number of aryl methyl sites for hydroxylation is 1. The summed E-state index contributed by atoms with van der Waals surface area (Å²) in [6, 6.07) is 3.29. The molecule has 0 amide bonds. The molecule has 2 aromatic rings. The van der Waals surface area contributed by atoms with Crippen molar-refractivity contribution in [3.63, 3.8) is 0 Å². The van der Waals surface area contributed by atoms with Gasteiger partial charge in [-0.25, -0.2) is 4.39 Å². The maximum absolute atomic E-state index is 13.6. The highest BCUT2D eigenvalue weighted by atomic mass is 19.1. The van der Waals surface area contributed by atoms with Crippen molar-refractivity contribution in [2.24, 2.45) is 0 Å². The van der Waals surface area contributed by atoms with Crippen LogP contribution in [0.25, 0.3) is 0 Å². The molecule has 0 saturated heterocycles. The van der Waals surface area contributed by atoms with E-state index in [2.05, 4.69) is 10.3 Å². The first-order chi connectivity index (χ1) is 9.99. The fraction of sp³-hybridized carbons (Fsp3) is 0.214. The van der Waals surface area contributed by atoms with E-state index in [9.17, 15) is 18.9 Å². The summed E-state index contributed by atoms with van der Waals surface area (Å²) in [6.45, 7) is 2.41. The minimum absolute atomic E-state index is 0.0460. The van der Waals surface area contributed by atoms with E-state index in [1.54, 1.807) is 12.4 Å².